The van der Waals surface area contributed by atoms with Crippen LogP contribution in [0.2, 0.25) is 0 Å². The van der Waals surface area contributed by atoms with Gasteiger partial charge in [0.05, 0.1) is 0 Å². The van der Waals surface area contributed by atoms with Crippen LogP contribution >= 0.6 is 12.4 Å². The Bertz CT molecular complexity index is 906. The molecule has 142 valence electrons. The lowest BCUT2D eigenvalue weighted by Gasteiger charge is -2.27. The molecule has 1 aliphatic rings. The summed E-state index contributed by atoms with van der Waals surface area (Å²) in [5.74, 6) is 1.77. The van der Waals surface area contributed by atoms with Crippen LogP contribution in [0.4, 0.5) is 0 Å². The van der Waals surface area contributed by atoms with Gasteiger partial charge in [0.25, 0.3) is 0 Å². The highest BCUT2D eigenvalue weighted by Gasteiger charge is 2.19. The molecule has 1 atom stereocenters. The van der Waals surface area contributed by atoms with E-state index in [0.29, 0.717) is 6.61 Å². The lowest BCUT2D eigenvalue weighted by molar-refractivity contribution is 0.297. The molecule has 0 saturated carbocycles. The van der Waals surface area contributed by atoms with Crippen molar-refractivity contribution in [2.45, 2.75) is 25.9 Å². The first-order valence-corrected chi connectivity index (χ1v) is 9.54. The maximum Gasteiger partial charge on any atom is 0.120 e. The zero-order valence-corrected chi connectivity index (χ0v) is 17.0. The maximum absolute atomic E-state index is 6.09. The van der Waals surface area contributed by atoms with Gasteiger partial charge in [-0.1, -0.05) is 42.5 Å². The maximum atomic E-state index is 6.09. The molecule has 0 aromatic heterocycles. The fraction of sp³-hybridized carbons (Fsp3) is 0.333. The lowest BCUT2D eigenvalue weighted by Crippen LogP contribution is -2.26. The second kappa shape index (κ2) is 8.77. The summed E-state index contributed by atoms with van der Waals surface area (Å²) >= 11 is 0. The van der Waals surface area contributed by atoms with Crippen LogP contribution in [0.1, 0.15) is 23.1 Å². The van der Waals surface area contributed by atoms with Gasteiger partial charge in [0, 0.05) is 6.54 Å². The molecule has 0 N–H and O–H groups in total. The fourth-order valence-electron chi connectivity index (χ4n) is 4.06. The van der Waals surface area contributed by atoms with Crippen molar-refractivity contribution in [3.63, 3.8) is 0 Å². The van der Waals surface area contributed by atoms with Crippen molar-refractivity contribution in [1.29, 1.82) is 0 Å². The third kappa shape index (κ3) is 4.82. The Balaban J connectivity index is 0.00000210. The molecule has 2 nitrogen and oxygen atoms in total. The average Bonchev–Trinajstić information content (AvgIpc) is 2.65. The molecule has 3 heteroatoms. The van der Waals surface area contributed by atoms with Crippen molar-refractivity contribution in [1.82, 2.24) is 4.90 Å². The Kier molecular flexibility index (Phi) is 6.41. The monoisotopic (exact) mass is 381 g/mol. The van der Waals surface area contributed by atoms with Gasteiger partial charge in [-0.05, 0) is 84.9 Å². The number of hydrogen-bond acceptors (Lipinski definition) is 2. The van der Waals surface area contributed by atoms with Crippen LogP contribution in [-0.2, 0) is 19.4 Å². The van der Waals surface area contributed by atoms with Gasteiger partial charge in [0.2, 0.25) is 0 Å². The van der Waals surface area contributed by atoms with Crippen molar-refractivity contribution >= 4 is 23.2 Å². The second-order valence-corrected chi connectivity index (χ2v) is 7.77. The van der Waals surface area contributed by atoms with Gasteiger partial charge in [-0.2, -0.15) is 0 Å². The molecule has 3 aromatic rings. The van der Waals surface area contributed by atoms with Gasteiger partial charge in [-0.25, -0.2) is 0 Å². The molecule has 0 heterocycles. The molecular formula is C24H28ClNO. The van der Waals surface area contributed by atoms with E-state index in [0.717, 1.165) is 11.7 Å². The van der Waals surface area contributed by atoms with Gasteiger partial charge in [-0.15, -0.1) is 12.4 Å². The number of halogens is 1. The molecule has 4 rings (SSSR count). The normalized spacial score (nSPS) is 16.0. The van der Waals surface area contributed by atoms with Crippen molar-refractivity contribution < 1.29 is 4.74 Å². The van der Waals surface area contributed by atoms with Crippen LogP contribution in [0.5, 0.6) is 5.75 Å². The summed E-state index contributed by atoms with van der Waals surface area (Å²) < 4.78 is 6.09. The van der Waals surface area contributed by atoms with Gasteiger partial charge in [0.1, 0.15) is 12.4 Å². The SMILES string of the molecule is CN(C)CC1CCc2cc(OCc3ccc4ccccc4c3)ccc2C1.Cl. The van der Waals surface area contributed by atoms with E-state index < -0.39 is 0 Å². The molecule has 3 aromatic carbocycles. The number of ether oxygens (including phenoxy) is 1. The van der Waals surface area contributed by atoms with Gasteiger partial charge >= 0.3 is 0 Å². The molecular weight excluding hydrogens is 354 g/mol. The quantitative estimate of drug-likeness (QED) is 0.578. The minimum Gasteiger partial charge on any atom is -0.489 e. The molecule has 0 spiro atoms. The highest BCUT2D eigenvalue weighted by molar-refractivity contribution is 5.85. The Morgan fingerprint density at radius 1 is 0.926 bits per heavy atom. The molecule has 0 fully saturated rings. The predicted octanol–water partition coefficient (Wildman–Crippen LogP) is 5.51. The van der Waals surface area contributed by atoms with E-state index in [1.54, 1.807) is 0 Å². The van der Waals surface area contributed by atoms with Crippen LogP contribution in [0, 0.1) is 5.92 Å². The van der Waals surface area contributed by atoms with E-state index in [1.165, 1.54) is 53.3 Å². The van der Waals surface area contributed by atoms with E-state index >= 15 is 0 Å². The van der Waals surface area contributed by atoms with Crippen molar-refractivity contribution in [3.05, 3.63) is 77.4 Å². The molecule has 0 saturated heterocycles. The summed E-state index contributed by atoms with van der Waals surface area (Å²) in [5.41, 5.74) is 4.18. The van der Waals surface area contributed by atoms with E-state index in [2.05, 4.69) is 79.7 Å². The van der Waals surface area contributed by atoms with Gasteiger partial charge < -0.3 is 9.64 Å². The van der Waals surface area contributed by atoms with Crippen molar-refractivity contribution in [2.75, 3.05) is 20.6 Å². The summed E-state index contributed by atoms with van der Waals surface area (Å²) in [6, 6.07) is 21.7. The van der Waals surface area contributed by atoms with Crippen LogP contribution in [0.25, 0.3) is 10.8 Å². The zero-order chi connectivity index (χ0) is 17.9. The van der Waals surface area contributed by atoms with E-state index in [9.17, 15) is 0 Å². The number of aryl methyl sites for hydroxylation is 1. The zero-order valence-electron chi connectivity index (χ0n) is 16.2. The second-order valence-electron chi connectivity index (χ2n) is 7.77. The molecule has 0 aliphatic heterocycles. The highest BCUT2D eigenvalue weighted by Crippen LogP contribution is 2.29. The average molecular weight is 382 g/mol. The molecule has 0 bridgehead atoms. The minimum absolute atomic E-state index is 0. The molecule has 0 radical (unpaired) electrons. The number of fused-ring (bicyclic) bond motifs is 2. The Morgan fingerprint density at radius 2 is 1.74 bits per heavy atom. The van der Waals surface area contributed by atoms with E-state index in [1.807, 2.05) is 0 Å². The third-order valence-corrected chi connectivity index (χ3v) is 5.35. The van der Waals surface area contributed by atoms with Crippen LogP contribution in [-0.4, -0.2) is 25.5 Å². The molecule has 0 amide bonds. The first-order valence-electron chi connectivity index (χ1n) is 9.54. The van der Waals surface area contributed by atoms with Crippen LogP contribution in [0.3, 0.4) is 0 Å². The molecule has 1 unspecified atom stereocenters. The smallest absolute Gasteiger partial charge is 0.120 e. The number of rotatable bonds is 5. The standard InChI is InChI=1S/C24H27NO.ClH/c1-25(2)16-18-7-10-23-15-24(12-11-22(23)13-18)26-17-19-8-9-20-5-3-4-6-21(20)14-19;/h3-6,8-9,11-12,14-15,18H,7,10,13,16-17H2,1-2H3;1H. The van der Waals surface area contributed by atoms with Gasteiger partial charge in [-0.3, -0.25) is 0 Å². The summed E-state index contributed by atoms with van der Waals surface area (Å²) in [7, 11) is 4.33. The first-order chi connectivity index (χ1) is 12.7. The third-order valence-electron chi connectivity index (χ3n) is 5.35. The van der Waals surface area contributed by atoms with Crippen LogP contribution < -0.4 is 4.74 Å². The first kappa shape index (κ1) is 19.7. The van der Waals surface area contributed by atoms with E-state index in [-0.39, 0.29) is 12.4 Å². The minimum atomic E-state index is 0. The fourth-order valence-corrected chi connectivity index (χ4v) is 4.06. The van der Waals surface area contributed by atoms with Crippen molar-refractivity contribution in [3.8, 4) is 5.75 Å². The van der Waals surface area contributed by atoms with Gasteiger partial charge in [0.15, 0.2) is 0 Å². The number of nitrogens with zero attached hydrogens (tertiary/aromatic N) is 1. The summed E-state index contributed by atoms with van der Waals surface area (Å²) in [4.78, 5) is 2.30. The number of hydrogen-bond donors (Lipinski definition) is 0. The largest absolute Gasteiger partial charge is 0.489 e. The summed E-state index contributed by atoms with van der Waals surface area (Å²) in [5, 5.41) is 2.54. The topological polar surface area (TPSA) is 12.5 Å². The Morgan fingerprint density at radius 3 is 2.56 bits per heavy atom. The summed E-state index contributed by atoms with van der Waals surface area (Å²) in [6.07, 6.45) is 3.64. The van der Waals surface area contributed by atoms with E-state index in [4.69, 9.17) is 4.74 Å². The summed E-state index contributed by atoms with van der Waals surface area (Å²) in [6.45, 7) is 1.80. The Labute approximate surface area is 168 Å². The number of benzene rings is 3. The van der Waals surface area contributed by atoms with Crippen molar-refractivity contribution in [2.24, 2.45) is 5.92 Å². The molecule has 27 heavy (non-hydrogen) atoms. The highest BCUT2D eigenvalue weighted by atomic mass is 35.5. The van der Waals surface area contributed by atoms with Crippen LogP contribution in [0.15, 0.2) is 60.7 Å². The molecule has 1 aliphatic carbocycles. The lowest BCUT2D eigenvalue weighted by atomic mass is 9.83. The Hall–Kier alpha value is -2.03. The predicted molar refractivity (Wildman–Crippen MR) is 116 cm³/mol.